The molecular formula is C17H21NO3S. The minimum Gasteiger partial charge on any atom is -0.486 e. The zero-order valence-corrected chi connectivity index (χ0v) is 13.4. The molecule has 2 N–H and O–H groups in total. The molecule has 22 heavy (non-hydrogen) atoms. The number of aliphatic hydroxyl groups excluding tert-OH is 1. The van der Waals surface area contributed by atoms with E-state index in [1.807, 2.05) is 35.7 Å². The topological polar surface area (TPSA) is 50.7 Å². The van der Waals surface area contributed by atoms with Crippen LogP contribution in [0.15, 0.2) is 35.7 Å². The van der Waals surface area contributed by atoms with Gasteiger partial charge in [0.2, 0.25) is 0 Å². The van der Waals surface area contributed by atoms with Gasteiger partial charge in [-0.05, 0) is 42.5 Å². The average molecular weight is 319 g/mol. The van der Waals surface area contributed by atoms with Crippen LogP contribution in [0.2, 0.25) is 0 Å². The molecule has 0 fully saturated rings. The number of rotatable bonds is 6. The van der Waals surface area contributed by atoms with Crippen molar-refractivity contribution < 1.29 is 14.6 Å². The lowest BCUT2D eigenvalue weighted by molar-refractivity contribution is 0.157. The van der Waals surface area contributed by atoms with Gasteiger partial charge in [-0.25, -0.2) is 0 Å². The molecule has 0 spiro atoms. The highest BCUT2D eigenvalue weighted by Gasteiger charge is 2.14. The van der Waals surface area contributed by atoms with Crippen LogP contribution in [0.25, 0.3) is 0 Å². The molecule has 118 valence electrons. The molecule has 0 bridgehead atoms. The summed E-state index contributed by atoms with van der Waals surface area (Å²) >= 11 is 1.59. The first kappa shape index (κ1) is 15.3. The van der Waals surface area contributed by atoms with Gasteiger partial charge in [-0.3, -0.25) is 0 Å². The third-order valence-corrected chi connectivity index (χ3v) is 4.68. The van der Waals surface area contributed by atoms with Crippen LogP contribution in [-0.4, -0.2) is 24.4 Å². The van der Waals surface area contributed by atoms with Crippen LogP contribution in [0.5, 0.6) is 11.5 Å². The van der Waals surface area contributed by atoms with Crippen molar-refractivity contribution >= 4 is 11.3 Å². The third-order valence-electron chi connectivity index (χ3n) is 3.71. The zero-order chi connectivity index (χ0) is 15.4. The summed E-state index contributed by atoms with van der Waals surface area (Å²) < 4.78 is 11.1. The van der Waals surface area contributed by atoms with Crippen LogP contribution in [0.4, 0.5) is 0 Å². The number of thiophene rings is 1. The van der Waals surface area contributed by atoms with Gasteiger partial charge in [0.05, 0.1) is 6.10 Å². The van der Waals surface area contributed by atoms with Gasteiger partial charge in [-0.15, -0.1) is 11.3 Å². The molecule has 2 heterocycles. The van der Waals surface area contributed by atoms with Crippen molar-refractivity contribution in [1.82, 2.24) is 5.32 Å². The molecule has 1 aromatic heterocycles. The molecule has 1 aliphatic rings. The van der Waals surface area contributed by atoms with Gasteiger partial charge >= 0.3 is 0 Å². The Hall–Kier alpha value is -1.56. The van der Waals surface area contributed by atoms with Crippen LogP contribution in [-0.2, 0) is 6.54 Å². The molecule has 2 atom stereocenters. The molecule has 1 aromatic carbocycles. The Morgan fingerprint density at radius 3 is 2.82 bits per heavy atom. The third kappa shape index (κ3) is 3.80. The fourth-order valence-electron chi connectivity index (χ4n) is 2.51. The van der Waals surface area contributed by atoms with E-state index in [2.05, 4.69) is 12.2 Å². The van der Waals surface area contributed by atoms with Crippen molar-refractivity contribution in [2.45, 2.75) is 32.0 Å². The monoisotopic (exact) mass is 319 g/mol. The van der Waals surface area contributed by atoms with E-state index in [1.165, 1.54) is 0 Å². The first-order valence-electron chi connectivity index (χ1n) is 7.56. The highest BCUT2D eigenvalue weighted by molar-refractivity contribution is 7.10. The van der Waals surface area contributed by atoms with E-state index < -0.39 is 6.10 Å². The predicted octanol–water partition coefficient (Wildman–Crippen LogP) is 3.12. The largest absolute Gasteiger partial charge is 0.486 e. The fraction of sp³-hybridized carbons (Fsp3) is 0.412. The molecule has 3 rings (SSSR count). The van der Waals surface area contributed by atoms with Gasteiger partial charge in [0.25, 0.3) is 0 Å². The molecule has 1 aliphatic heterocycles. The zero-order valence-electron chi connectivity index (χ0n) is 12.6. The Bertz CT molecular complexity index is 600. The first-order valence-corrected chi connectivity index (χ1v) is 8.43. The van der Waals surface area contributed by atoms with Crippen molar-refractivity contribution in [3.8, 4) is 11.5 Å². The maximum absolute atomic E-state index is 10.2. The second kappa shape index (κ2) is 7.13. The molecule has 0 aliphatic carbocycles. The molecule has 0 saturated heterocycles. The van der Waals surface area contributed by atoms with Gasteiger partial charge in [-0.2, -0.15) is 0 Å². The molecule has 5 heteroatoms. The Labute approximate surface area is 134 Å². The summed E-state index contributed by atoms with van der Waals surface area (Å²) in [4.78, 5) is 1.02. The maximum atomic E-state index is 10.2. The van der Waals surface area contributed by atoms with Crippen molar-refractivity contribution in [3.63, 3.8) is 0 Å². The quantitative estimate of drug-likeness (QED) is 0.859. The summed E-state index contributed by atoms with van der Waals surface area (Å²) in [5, 5.41) is 15.6. The molecule has 4 nitrogen and oxygen atoms in total. The number of fused-ring (bicyclic) bond motifs is 1. The van der Waals surface area contributed by atoms with E-state index in [9.17, 15) is 5.11 Å². The van der Waals surface area contributed by atoms with Crippen molar-refractivity contribution in [2.75, 3.05) is 13.2 Å². The van der Waals surface area contributed by atoms with Crippen LogP contribution in [0.1, 0.15) is 29.9 Å². The van der Waals surface area contributed by atoms with E-state index in [4.69, 9.17) is 9.47 Å². The number of ether oxygens (including phenoxy) is 2. The number of nitrogens with one attached hydrogen (secondary N) is 1. The molecule has 2 aromatic rings. The fourth-order valence-corrected chi connectivity index (χ4v) is 3.23. The highest BCUT2D eigenvalue weighted by Crippen LogP contribution is 2.30. The summed E-state index contributed by atoms with van der Waals surface area (Å²) in [7, 11) is 0. The van der Waals surface area contributed by atoms with Crippen molar-refractivity contribution in [1.29, 1.82) is 0 Å². The predicted molar refractivity (Wildman–Crippen MR) is 87.6 cm³/mol. The average Bonchev–Trinajstić information content (AvgIpc) is 3.07. The number of aliphatic hydroxyl groups is 1. The Kier molecular flexibility index (Phi) is 4.97. The Morgan fingerprint density at radius 1 is 1.23 bits per heavy atom. The summed E-state index contributed by atoms with van der Waals surface area (Å²) in [6.45, 7) is 4.05. The van der Waals surface area contributed by atoms with E-state index in [-0.39, 0.29) is 6.04 Å². The first-order chi connectivity index (χ1) is 10.7. The maximum Gasteiger partial charge on any atom is 0.161 e. The molecule has 0 amide bonds. The van der Waals surface area contributed by atoms with Gasteiger partial charge in [-0.1, -0.05) is 12.1 Å². The molecule has 0 saturated carbocycles. The standard InChI is InChI=1S/C17H21NO3S/c1-12(9-14(19)17-3-2-8-22-17)18-11-13-4-5-15-16(10-13)21-7-6-20-15/h2-5,8,10,12,14,18-19H,6-7,9,11H2,1H3. The van der Waals surface area contributed by atoms with Crippen LogP contribution < -0.4 is 14.8 Å². The van der Waals surface area contributed by atoms with E-state index in [0.717, 1.165) is 28.5 Å². The SMILES string of the molecule is CC(CC(O)c1cccs1)NCc1ccc2c(c1)OCCO2. The lowest BCUT2D eigenvalue weighted by Gasteiger charge is -2.20. The summed E-state index contributed by atoms with van der Waals surface area (Å²) in [6, 6.07) is 10.2. The van der Waals surface area contributed by atoms with Crippen molar-refractivity contribution in [2.24, 2.45) is 0 Å². The molecule has 2 unspecified atom stereocenters. The normalized spacial score (nSPS) is 16.3. The van der Waals surface area contributed by atoms with Crippen LogP contribution >= 0.6 is 11.3 Å². The summed E-state index contributed by atoms with van der Waals surface area (Å²) in [5.74, 6) is 1.63. The second-order valence-electron chi connectivity index (χ2n) is 5.53. The summed E-state index contributed by atoms with van der Waals surface area (Å²) in [6.07, 6.45) is 0.299. The Balaban J connectivity index is 1.51. The second-order valence-corrected chi connectivity index (χ2v) is 6.51. The molecule has 0 radical (unpaired) electrons. The smallest absolute Gasteiger partial charge is 0.161 e. The van der Waals surface area contributed by atoms with E-state index >= 15 is 0 Å². The number of hydrogen-bond acceptors (Lipinski definition) is 5. The lowest BCUT2D eigenvalue weighted by atomic mass is 10.1. The van der Waals surface area contributed by atoms with Crippen LogP contribution in [0, 0.1) is 0 Å². The van der Waals surface area contributed by atoms with Crippen LogP contribution in [0.3, 0.4) is 0 Å². The van der Waals surface area contributed by atoms with E-state index in [1.54, 1.807) is 11.3 Å². The van der Waals surface area contributed by atoms with Gasteiger partial charge in [0, 0.05) is 17.5 Å². The molecular weight excluding hydrogens is 298 g/mol. The van der Waals surface area contributed by atoms with Gasteiger partial charge < -0.3 is 19.9 Å². The van der Waals surface area contributed by atoms with Gasteiger partial charge in [0.15, 0.2) is 11.5 Å². The lowest BCUT2D eigenvalue weighted by Crippen LogP contribution is -2.27. The van der Waals surface area contributed by atoms with Gasteiger partial charge in [0.1, 0.15) is 13.2 Å². The minimum atomic E-state index is -0.400. The highest BCUT2D eigenvalue weighted by atomic mass is 32.1. The number of hydrogen-bond donors (Lipinski definition) is 2. The Morgan fingerprint density at radius 2 is 2.05 bits per heavy atom. The number of benzene rings is 1. The summed E-state index contributed by atoms with van der Waals surface area (Å²) in [5.41, 5.74) is 1.15. The minimum absolute atomic E-state index is 0.227. The van der Waals surface area contributed by atoms with E-state index in [0.29, 0.717) is 19.6 Å². The van der Waals surface area contributed by atoms with Crippen molar-refractivity contribution in [3.05, 3.63) is 46.2 Å².